The molecule has 1 N–H and O–H groups in total. The number of amides is 1. The van der Waals surface area contributed by atoms with E-state index < -0.39 is 0 Å². The molecule has 1 aromatic carbocycles. The maximum atomic E-state index is 11.1. The Kier molecular flexibility index (Phi) is 5.22. The first-order valence-corrected chi connectivity index (χ1v) is 4.03. The van der Waals surface area contributed by atoms with E-state index in [4.69, 9.17) is 0 Å². The second kappa shape index (κ2) is 5.91. The summed E-state index contributed by atoms with van der Waals surface area (Å²) in [5, 5.41) is 2.61. The summed E-state index contributed by atoms with van der Waals surface area (Å²) in [5.41, 5.74) is 0.716. The van der Waals surface area contributed by atoms with E-state index in [1.807, 2.05) is 18.2 Å². The van der Waals surface area contributed by atoms with Crippen molar-refractivity contribution in [2.75, 3.05) is 5.32 Å². The fourth-order valence-electron chi connectivity index (χ4n) is 0.953. The number of anilines is 1. The molecule has 0 unspecified atom stereocenters. The summed E-state index contributed by atoms with van der Waals surface area (Å²) in [7, 11) is 0. The summed E-state index contributed by atoms with van der Waals surface area (Å²) in [6, 6.07) is 9.06. The number of carbonyl (C=O) groups excluding carboxylic acids is 2. The van der Waals surface area contributed by atoms with E-state index in [9.17, 15) is 9.59 Å². The number of carbonyl (C=O) groups is 2. The average Bonchev–Trinajstić information content (AvgIpc) is 2.04. The molecule has 1 aromatic rings. The quantitative estimate of drug-likeness (QED) is 0.748. The van der Waals surface area contributed by atoms with E-state index in [-0.39, 0.29) is 25.5 Å². The van der Waals surface area contributed by atoms with Crippen molar-refractivity contribution in [2.45, 2.75) is 20.8 Å². The van der Waals surface area contributed by atoms with Crippen LogP contribution in [-0.2, 0) is 9.59 Å². The SMILES string of the molecule is C.CC(=O)CC(=O)Nc1ccccc1. The number of ketones is 1. The number of nitrogens with one attached hydrogen (secondary N) is 1. The lowest BCUT2D eigenvalue weighted by molar-refractivity contribution is -0.124. The van der Waals surface area contributed by atoms with Crippen LogP contribution in [0.25, 0.3) is 0 Å². The molecule has 76 valence electrons. The van der Waals surface area contributed by atoms with Gasteiger partial charge in [0.15, 0.2) is 0 Å². The van der Waals surface area contributed by atoms with Crippen molar-refractivity contribution in [1.82, 2.24) is 0 Å². The van der Waals surface area contributed by atoms with Crippen LogP contribution in [-0.4, -0.2) is 11.7 Å². The van der Waals surface area contributed by atoms with Crippen LogP contribution < -0.4 is 5.32 Å². The van der Waals surface area contributed by atoms with Crippen molar-refractivity contribution < 1.29 is 9.59 Å². The van der Waals surface area contributed by atoms with E-state index in [1.165, 1.54) is 6.92 Å². The molecule has 0 heterocycles. The molecule has 0 spiro atoms. The highest BCUT2D eigenvalue weighted by atomic mass is 16.2. The molecule has 0 aliphatic heterocycles. The zero-order valence-corrected chi connectivity index (χ0v) is 7.41. The molecule has 0 aliphatic carbocycles. The average molecular weight is 193 g/mol. The minimum absolute atomic E-state index is 0. The van der Waals surface area contributed by atoms with Crippen LogP contribution in [0.2, 0.25) is 0 Å². The summed E-state index contributed by atoms with van der Waals surface area (Å²) >= 11 is 0. The minimum atomic E-state index is -0.265. The number of benzene rings is 1. The Labute approximate surface area is 84.1 Å². The van der Waals surface area contributed by atoms with Crippen molar-refractivity contribution in [3.05, 3.63) is 30.3 Å². The Bertz CT molecular complexity index is 306. The largest absolute Gasteiger partial charge is 0.326 e. The first kappa shape index (κ1) is 12.4. The van der Waals surface area contributed by atoms with Crippen molar-refractivity contribution in [1.29, 1.82) is 0 Å². The van der Waals surface area contributed by atoms with E-state index in [0.29, 0.717) is 5.69 Å². The molecular formula is C11H15NO2. The highest BCUT2D eigenvalue weighted by molar-refractivity contribution is 6.03. The molecule has 0 atom stereocenters. The maximum Gasteiger partial charge on any atom is 0.231 e. The summed E-state index contributed by atoms with van der Waals surface area (Å²) in [6.45, 7) is 1.39. The predicted octanol–water partition coefficient (Wildman–Crippen LogP) is 2.24. The van der Waals surface area contributed by atoms with Crippen LogP contribution in [0.15, 0.2) is 30.3 Å². The smallest absolute Gasteiger partial charge is 0.231 e. The molecular weight excluding hydrogens is 178 g/mol. The van der Waals surface area contributed by atoms with Gasteiger partial charge in [-0.2, -0.15) is 0 Å². The Morgan fingerprint density at radius 2 is 1.79 bits per heavy atom. The molecule has 0 saturated heterocycles. The monoisotopic (exact) mass is 193 g/mol. The molecule has 0 fully saturated rings. The van der Waals surface area contributed by atoms with Gasteiger partial charge >= 0.3 is 0 Å². The standard InChI is InChI=1S/C10H11NO2.CH4/c1-8(12)7-10(13)11-9-5-3-2-4-6-9;/h2-6H,7H2,1H3,(H,11,13);1H4. The first-order chi connectivity index (χ1) is 6.18. The molecule has 0 aliphatic rings. The molecule has 1 amide bonds. The Hall–Kier alpha value is -1.64. The van der Waals surface area contributed by atoms with Crippen LogP contribution in [0.3, 0.4) is 0 Å². The second-order valence-electron chi connectivity index (χ2n) is 2.79. The highest BCUT2D eigenvalue weighted by Gasteiger charge is 2.04. The lowest BCUT2D eigenvalue weighted by Crippen LogP contribution is -2.14. The van der Waals surface area contributed by atoms with Crippen molar-refractivity contribution in [3.63, 3.8) is 0 Å². The van der Waals surface area contributed by atoms with Crippen molar-refractivity contribution in [3.8, 4) is 0 Å². The van der Waals surface area contributed by atoms with Gasteiger partial charge in [0, 0.05) is 5.69 Å². The van der Waals surface area contributed by atoms with Gasteiger partial charge in [-0.05, 0) is 19.1 Å². The Balaban J connectivity index is 0.00000169. The summed E-state index contributed by atoms with van der Waals surface area (Å²) in [6.07, 6.45) is -0.0606. The van der Waals surface area contributed by atoms with Crippen LogP contribution >= 0.6 is 0 Å². The maximum absolute atomic E-state index is 11.1. The zero-order chi connectivity index (χ0) is 9.68. The Morgan fingerprint density at radius 3 is 2.29 bits per heavy atom. The van der Waals surface area contributed by atoms with Gasteiger partial charge in [0.1, 0.15) is 5.78 Å². The fraction of sp³-hybridized carbons (Fsp3) is 0.273. The minimum Gasteiger partial charge on any atom is -0.326 e. The molecule has 0 bridgehead atoms. The van der Waals surface area contributed by atoms with Crippen LogP contribution in [0.5, 0.6) is 0 Å². The molecule has 14 heavy (non-hydrogen) atoms. The molecule has 0 saturated carbocycles. The van der Waals surface area contributed by atoms with Gasteiger partial charge in [0.05, 0.1) is 6.42 Å². The van der Waals surface area contributed by atoms with Gasteiger partial charge in [0.2, 0.25) is 5.91 Å². The van der Waals surface area contributed by atoms with E-state index in [1.54, 1.807) is 12.1 Å². The third kappa shape index (κ3) is 4.40. The topological polar surface area (TPSA) is 46.2 Å². The lowest BCUT2D eigenvalue weighted by Gasteiger charge is -2.01. The third-order valence-corrected chi connectivity index (χ3v) is 1.47. The van der Waals surface area contributed by atoms with Crippen molar-refractivity contribution >= 4 is 17.4 Å². The number of hydrogen-bond donors (Lipinski definition) is 1. The highest BCUT2D eigenvalue weighted by Crippen LogP contribution is 2.05. The number of para-hydroxylation sites is 1. The van der Waals surface area contributed by atoms with Gasteiger partial charge in [-0.15, -0.1) is 0 Å². The molecule has 3 nitrogen and oxygen atoms in total. The van der Waals surface area contributed by atoms with Crippen LogP contribution in [0, 0.1) is 0 Å². The van der Waals surface area contributed by atoms with Gasteiger partial charge in [-0.3, -0.25) is 9.59 Å². The Morgan fingerprint density at radius 1 is 1.21 bits per heavy atom. The fourth-order valence-corrected chi connectivity index (χ4v) is 0.953. The van der Waals surface area contributed by atoms with E-state index in [0.717, 1.165) is 0 Å². The van der Waals surface area contributed by atoms with Crippen LogP contribution in [0.4, 0.5) is 5.69 Å². The number of rotatable bonds is 3. The molecule has 3 heteroatoms. The third-order valence-electron chi connectivity index (χ3n) is 1.47. The molecule has 1 rings (SSSR count). The zero-order valence-electron chi connectivity index (χ0n) is 7.41. The molecule has 0 aromatic heterocycles. The number of hydrogen-bond acceptors (Lipinski definition) is 2. The van der Waals surface area contributed by atoms with Gasteiger partial charge < -0.3 is 5.32 Å². The predicted molar refractivity (Wildman–Crippen MR) is 57.1 cm³/mol. The van der Waals surface area contributed by atoms with Gasteiger partial charge in [-0.25, -0.2) is 0 Å². The van der Waals surface area contributed by atoms with Crippen LogP contribution in [0.1, 0.15) is 20.8 Å². The van der Waals surface area contributed by atoms with Crippen molar-refractivity contribution in [2.24, 2.45) is 0 Å². The summed E-state index contributed by atoms with van der Waals surface area (Å²) in [5.74, 6) is -0.396. The number of Topliss-reactive ketones (excluding diaryl/α,β-unsaturated/α-hetero) is 1. The summed E-state index contributed by atoms with van der Waals surface area (Å²) in [4.78, 5) is 21.7. The first-order valence-electron chi connectivity index (χ1n) is 4.03. The lowest BCUT2D eigenvalue weighted by atomic mass is 10.2. The van der Waals surface area contributed by atoms with Gasteiger partial charge in [0.25, 0.3) is 0 Å². The normalized spacial score (nSPS) is 8.64. The molecule has 0 radical (unpaired) electrons. The second-order valence-corrected chi connectivity index (χ2v) is 2.79. The summed E-state index contributed by atoms with van der Waals surface area (Å²) < 4.78 is 0. The van der Waals surface area contributed by atoms with E-state index >= 15 is 0 Å². The van der Waals surface area contributed by atoms with E-state index in [2.05, 4.69) is 5.32 Å². The van der Waals surface area contributed by atoms with Gasteiger partial charge in [-0.1, -0.05) is 25.6 Å².